The smallest absolute Gasteiger partial charge is 0.0595 e. The Hall–Kier alpha value is -0.280. The summed E-state index contributed by atoms with van der Waals surface area (Å²) in [7, 11) is 1.78. The number of ether oxygens (including phenoxy) is 1. The molecule has 1 aromatic carbocycles. The van der Waals surface area contributed by atoms with Crippen LogP contribution in [0.1, 0.15) is 24.8 Å². The van der Waals surface area contributed by atoms with Gasteiger partial charge in [-0.3, -0.25) is 0 Å². The van der Waals surface area contributed by atoms with Crippen molar-refractivity contribution in [1.82, 2.24) is 5.32 Å². The van der Waals surface area contributed by atoms with Crippen molar-refractivity contribution < 1.29 is 4.74 Å². The van der Waals surface area contributed by atoms with Gasteiger partial charge in [-0.25, -0.2) is 0 Å². The highest BCUT2D eigenvalue weighted by Gasteiger charge is 2.49. The maximum atomic E-state index is 6.21. The Bertz CT molecular complexity index is 479. The number of halogens is 2. The van der Waals surface area contributed by atoms with Crippen molar-refractivity contribution in [3.8, 4) is 0 Å². The minimum absolute atomic E-state index is 0.208. The molecule has 1 aromatic rings. The zero-order valence-electron chi connectivity index (χ0n) is 11.1. The van der Waals surface area contributed by atoms with Gasteiger partial charge in [-0.1, -0.05) is 29.3 Å². The van der Waals surface area contributed by atoms with E-state index in [9.17, 15) is 0 Å². The van der Waals surface area contributed by atoms with E-state index < -0.39 is 0 Å². The standard InChI is InChI=1S/C15H19Cl2NO/c1-19-9-11-8-18-12-4-5-15(11,7-12)10-2-3-13(16)14(17)6-10/h2-3,6,11-12,18H,4-5,7-9H2,1H3/t11-,12+,15-/m1/s1. The Labute approximate surface area is 124 Å². The summed E-state index contributed by atoms with van der Waals surface area (Å²) < 4.78 is 5.43. The first-order valence-electron chi connectivity index (χ1n) is 6.83. The normalized spacial score (nSPS) is 33.6. The molecule has 1 N–H and O–H groups in total. The van der Waals surface area contributed by atoms with Crippen LogP contribution in [-0.4, -0.2) is 26.3 Å². The van der Waals surface area contributed by atoms with E-state index in [-0.39, 0.29) is 5.41 Å². The number of piperidine rings is 1. The fourth-order valence-electron chi connectivity index (χ4n) is 3.85. The molecule has 3 atom stereocenters. The molecular weight excluding hydrogens is 281 g/mol. The molecule has 19 heavy (non-hydrogen) atoms. The van der Waals surface area contributed by atoms with Gasteiger partial charge in [0, 0.05) is 31.0 Å². The predicted molar refractivity (Wildman–Crippen MR) is 79.1 cm³/mol. The van der Waals surface area contributed by atoms with E-state index in [2.05, 4.69) is 17.4 Å². The first-order valence-corrected chi connectivity index (χ1v) is 7.59. The van der Waals surface area contributed by atoms with Gasteiger partial charge in [0.2, 0.25) is 0 Å². The zero-order chi connectivity index (χ0) is 13.5. The summed E-state index contributed by atoms with van der Waals surface area (Å²) in [6.45, 7) is 1.82. The Balaban J connectivity index is 2.00. The molecule has 4 heteroatoms. The van der Waals surface area contributed by atoms with E-state index in [0.29, 0.717) is 22.0 Å². The summed E-state index contributed by atoms with van der Waals surface area (Å²) in [4.78, 5) is 0. The quantitative estimate of drug-likeness (QED) is 0.920. The number of hydrogen-bond acceptors (Lipinski definition) is 2. The first-order chi connectivity index (χ1) is 9.15. The van der Waals surface area contributed by atoms with Crippen LogP contribution in [0.15, 0.2) is 18.2 Å². The van der Waals surface area contributed by atoms with E-state index in [1.54, 1.807) is 7.11 Å². The third-order valence-electron chi connectivity index (χ3n) is 4.85. The van der Waals surface area contributed by atoms with Crippen LogP contribution in [0, 0.1) is 5.92 Å². The van der Waals surface area contributed by atoms with Crippen LogP contribution in [0.25, 0.3) is 0 Å². The number of methoxy groups -OCH3 is 1. The number of hydrogen-bond donors (Lipinski definition) is 1. The molecule has 1 aliphatic carbocycles. The highest BCUT2D eigenvalue weighted by molar-refractivity contribution is 6.42. The van der Waals surface area contributed by atoms with Gasteiger partial charge in [-0.15, -0.1) is 0 Å². The molecule has 1 saturated carbocycles. The zero-order valence-corrected chi connectivity index (χ0v) is 12.6. The van der Waals surface area contributed by atoms with Gasteiger partial charge in [-0.05, 0) is 37.0 Å². The second-order valence-corrected chi connectivity index (χ2v) is 6.60. The maximum absolute atomic E-state index is 6.21. The monoisotopic (exact) mass is 299 g/mol. The van der Waals surface area contributed by atoms with Gasteiger partial charge in [0.1, 0.15) is 0 Å². The average molecular weight is 300 g/mol. The molecule has 0 unspecified atom stereocenters. The molecule has 104 valence electrons. The summed E-state index contributed by atoms with van der Waals surface area (Å²) in [6, 6.07) is 6.76. The van der Waals surface area contributed by atoms with Crippen molar-refractivity contribution in [2.45, 2.75) is 30.7 Å². The van der Waals surface area contributed by atoms with Gasteiger partial charge in [0.05, 0.1) is 16.7 Å². The number of nitrogens with one attached hydrogen (secondary N) is 1. The molecule has 3 rings (SSSR count). The fourth-order valence-corrected chi connectivity index (χ4v) is 4.15. The van der Waals surface area contributed by atoms with Crippen LogP contribution in [0.3, 0.4) is 0 Å². The Morgan fingerprint density at radius 1 is 1.37 bits per heavy atom. The molecule has 0 spiro atoms. The van der Waals surface area contributed by atoms with Gasteiger partial charge >= 0.3 is 0 Å². The minimum Gasteiger partial charge on any atom is -0.384 e. The van der Waals surface area contributed by atoms with Crippen molar-refractivity contribution in [3.05, 3.63) is 33.8 Å². The average Bonchev–Trinajstić information content (AvgIpc) is 2.76. The summed E-state index contributed by atoms with van der Waals surface area (Å²) in [5.74, 6) is 0.508. The lowest BCUT2D eigenvalue weighted by molar-refractivity contribution is 0.0889. The van der Waals surface area contributed by atoms with Crippen LogP contribution in [-0.2, 0) is 10.2 Å². The second-order valence-electron chi connectivity index (χ2n) is 5.79. The van der Waals surface area contributed by atoms with Crippen molar-refractivity contribution in [3.63, 3.8) is 0 Å². The summed E-state index contributed by atoms with van der Waals surface area (Å²) >= 11 is 12.3. The van der Waals surface area contributed by atoms with Crippen LogP contribution in [0.2, 0.25) is 10.0 Å². The molecular formula is C15H19Cl2NO. The molecule has 2 bridgehead atoms. The third-order valence-corrected chi connectivity index (χ3v) is 5.59. The lowest BCUT2D eigenvalue weighted by Crippen LogP contribution is -2.48. The van der Waals surface area contributed by atoms with Crippen LogP contribution in [0.4, 0.5) is 0 Å². The Morgan fingerprint density at radius 2 is 2.21 bits per heavy atom. The fraction of sp³-hybridized carbons (Fsp3) is 0.600. The van der Waals surface area contributed by atoms with Gasteiger partial charge in [0.15, 0.2) is 0 Å². The SMILES string of the molecule is COC[C@H]1CN[C@H]2CC[C@]1(c1ccc(Cl)c(Cl)c1)C2. The van der Waals surface area contributed by atoms with E-state index in [1.165, 1.54) is 24.8 Å². The molecule has 1 heterocycles. The molecule has 1 saturated heterocycles. The summed E-state index contributed by atoms with van der Waals surface area (Å²) in [5, 5.41) is 4.92. The molecule has 2 aliphatic rings. The van der Waals surface area contributed by atoms with Gasteiger partial charge in [-0.2, -0.15) is 0 Å². The third kappa shape index (κ3) is 2.29. The predicted octanol–water partition coefficient (Wildman–Crippen LogP) is 3.65. The van der Waals surface area contributed by atoms with Crippen LogP contribution in [0.5, 0.6) is 0 Å². The van der Waals surface area contributed by atoms with E-state index in [4.69, 9.17) is 27.9 Å². The highest BCUT2D eigenvalue weighted by atomic mass is 35.5. The van der Waals surface area contributed by atoms with Crippen LogP contribution < -0.4 is 5.32 Å². The lowest BCUT2D eigenvalue weighted by Gasteiger charge is -2.42. The molecule has 1 aliphatic heterocycles. The molecule has 2 nitrogen and oxygen atoms in total. The van der Waals surface area contributed by atoms with E-state index in [1.807, 2.05) is 6.07 Å². The highest BCUT2D eigenvalue weighted by Crippen LogP contribution is 2.50. The maximum Gasteiger partial charge on any atom is 0.0595 e. The number of benzene rings is 1. The topological polar surface area (TPSA) is 21.3 Å². The van der Waals surface area contributed by atoms with Crippen LogP contribution >= 0.6 is 23.2 Å². The second kappa shape index (κ2) is 5.25. The largest absolute Gasteiger partial charge is 0.384 e. The summed E-state index contributed by atoms with van der Waals surface area (Å²) in [6.07, 6.45) is 3.62. The van der Waals surface area contributed by atoms with Gasteiger partial charge in [0.25, 0.3) is 0 Å². The van der Waals surface area contributed by atoms with Gasteiger partial charge < -0.3 is 10.1 Å². The van der Waals surface area contributed by atoms with Crippen molar-refractivity contribution in [1.29, 1.82) is 0 Å². The Kier molecular flexibility index (Phi) is 3.78. The van der Waals surface area contributed by atoms with Crippen molar-refractivity contribution in [2.24, 2.45) is 5.92 Å². The van der Waals surface area contributed by atoms with Crippen molar-refractivity contribution in [2.75, 3.05) is 20.3 Å². The molecule has 0 aromatic heterocycles. The minimum atomic E-state index is 0.208. The first kappa shape index (κ1) is 13.7. The summed E-state index contributed by atoms with van der Waals surface area (Å²) in [5.41, 5.74) is 1.54. The van der Waals surface area contributed by atoms with E-state index >= 15 is 0 Å². The molecule has 2 fully saturated rings. The van der Waals surface area contributed by atoms with Crippen molar-refractivity contribution >= 4 is 23.2 Å². The lowest BCUT2D eigenvalue weighted by atomic mass is 9.67. The molecule has 0 radical (unpaired) electrons. The number of rotatable bonds is 3. The Morgan fingerprint density at radius 3 is 2.95 bits per heavy atom. The molecule has 0 amide bonds. The van der Waals surface area contributed by atoms with E-state index in [0.717, 1.165) is 13.2 Å². The number of fused-ring (bicyclic) bond motifs is 2.